The quantitative estimate of drug-likeness (QED) is 0.657. The van der Waals surface area contributed by atoms with E-state index in [0.717, 1.165) is 11.0 Å². The second-order valence-corrected chi connectivity index (χ2v) is 2.12. The molecular formula is C7H7N3O. The predicted molar refractivity (Wildman–Crippen MR) is 40.4 cm³/mol. The first kappa shape index (κ1) is 6.15. The summed E-state index contributed by atoms with van der Waals surface area (Å²) in [6.07, 6.45) is 3.30. The van der Waals surface area contributed by atoms with Crippen molar-refractivity contribution in [2.75, 3.05) is 7.11 Å². The molecule has 0 fully saturated rings. The normalized spacial score (nSPS) is 10.3. The number of imidazole rings is 1. The highest BCUT2D eigenvalue weighted by atomic mass is 16.5. The van der Waals surface area contributed by atoms with Gasteiger partial charge in [-0.2, -0.15) is 0 Å². The highest BCUT2D eigenvalue weighted by molar-refractivity contribution is 5.78. The second kappa shape index (κ2) is 2.23. The van der Waals surface area contributed by atoms with E-state index in [1.807, 2.05) is 6.07 Å². The fraction of sp³-hybridized carbons (Fsp3) is 0.143. The topological polar surface area (TPSA) is 50.8 Å². The van der Waals surface area contributed by atoms with E-state index >= 15 is 0 Å². The first-order valence-electron chi connectivity index (χ1n) is 3.24. The predicted octanol–water partition coefficient (Wildman–Crippen LogP) is 0.966. The van der Waals surface area contributed by atoms with Crippen LogP contribution in [-0.4, -0.2) is 22.1 Å². The molecule has 0 unspecified atom stereocenters. The number of hydrogen-bond acceptors (Lipinski definition) is 3. The Morgan fingerprint density at radius 2 is 2.36 bits per heavy atom. The van der Waals surface area contributed by atoms with Crippen LogP contribution in [-0.2, 0) is 0 Å². The van der Waals surface area contributed by atoms with Gasteiger partial charge in [-0.15, -0.1) is 0 Å². The monoisotopic (exact) mass is 149 g/mol. The number of aromatic nitrogens is 3. The Morgan fingerprint density at radius 3 is 3.18 bits per heavy atom. The van der Waals surface area contributed by atoms with Gasteiger partial charge >= 0.3 is 0 Å². The Balaban J connectivity index is 2.79. The summed E-state index contributed by atoms with van der Waals surface area (Å²) in [4.78, 5) is 11.0. The molecule has 0 aliphatic heterocycles. The van der Waals surface area contributed by atoms with Crippen LogP contribution >= 0.6 is 0 Å². The second-order valence-electron chi connectivity index (χ2n) is 2.12. The molecule has 0 saturated heterocycles. The van der Waals surface area contributed by atoms with Gasteiger partial charge in [-0.05, 0) is 6.07 Å². The largest absolute Gasteiger partial charge is 0.479 e. The minimum atomic E-state index is 0.559. The van der Waals surface area contributed by atoms with E-state index in [-0.39, 0.29) is 0 Å². The summed E-state index contributed by atoms with van der Waals surface area (Å²) in [5.41, 5.74) is 1.71. The number of hydrogen-bond donors (Lipinski definition) is 1. The van der Waals surface area contributed by atoms with Crippen molar-refractivity contribution in [2.24, 2.45) is 0 Å². The molecule has 0 amide bonds. The standard InChI is InChI=1S/C7H7N3O/c1-11-7-6-5(2-3-8-7)9-4-10-6/h2-4H,1H3,(H,9,10). The van der Waals surface area contributed by atoms with E-state index < -0.39 is 0 Å². The summed E-state index contributed by atoms with van der Waals surface area (Å²) >= 11 is 0. The van der Waals surface area contributed by atoms with Gasteiger partial charge in [0.1, 0.15) is 0 Å². The fourth-order valence-corrected chi connectivity index (χ4v) is 0.992. The van der Waals surface area contributed by atoms with Gasteiger partial charge in [0, 0.05) is 6.20 Å². The zero-order chi connectivity index (χ0) is 7.68. The summed E-state index contributed by atoms with van der Waals surface area (Å²) < 4.78 is 4.99. The number of nitrogens with zero attached hydrogens (tertiary/aromatic N) is 2. The van der Waals surface area contributed by atoms with Gasteiger partial charge in [0.25, 0.3) is 0 Å². The number of H-pyrrole nitrogens is 1. The smallest absolute Gasteiger partial charge is 0.241 e. The van der Waals surface area contributed by atoms with Crippen LogP contribution in [0.15, 0.2) is 18.6 Å². The van der Waals surface area contributed by atoms with Crippen molar-refractivity contribution in [3.63, 3.8) is 0 Å². The molecule has 0 radical (unpaired) electrons. The lowest BCUT2D eigenvalue weighted by Gasteiger charge is -1.96. The minimum absolute atomic E-state index is 0.559. The zero-order valence-corrected chi connectivity index (χ0v) is 6.03. The molecule has 0 bridgehead atoms. The minimum Gasteiger partial charge on any atom is -0.479 e. The molecule has 0 aliphatic carbocycles. The van der Waals surface area contributed by atoms with Crippen molar-refractivity contribution in [3.8, 4) is 5.88 Å². The van der Waals surface area contributed by atoms with Crippen molar-refractivity contribution in [3.05, 3.63) is 18.6 Å². The molecule has 1 N–H and O–H groups in total. The molecule has 2 aromatic heterocycles. The number of methoxy groups -OCH3 is 1. The molecule has 0 aromatic carbocycles. The first-order chi connectivity index (χ1) is 5.42. The number of pyridine rings is 1. The van der Waals surface area contributed by atoms with Crippen LogP contribution in [0, 0.1) is 0 Å². The molecule has 2 heterocycles. The third kappa shape index (κ3) is 0.832. The molecule has 0 saturated carbocycles. The van der Waals surface area contributed by atoms with Crippen molar-refractivity contribution >= 4 is 11.0 Å². The zero-order valence-electron chi connectivity index (χ0n) is 6.03. The Labute approximate surface area is 63.2 Å². The van der Waals surface area contributed by atoms with E-state index in [2.05, 4.69) is 15.0 Å². The number of aromatic amines is 1. The van der Waals surface area contributed by atoms with Crippen LogP contribution in [0.4, 0.5) is 0 Å². The highest BCUT2D eigenvalue weighted by Gasteiger charge is 2.02. The fourth-order valence-electron chi connectivity index (χ4n) is 0.992. The van der Waals surface area contributed by atoms with Gasteiger partial charge in [0.2, 0.25) is 5.88 Å². The molecule has 4 heteroatoms. The van der Waals surface area contributed by atoms with Crippen LogP contribution in [0.1, 0.15) is 0 Å². The van der Waals surface area contributed by atoms with E-state index in [4.69, 9.17) is 4.74 Å². The molecular weight excluding hydrogens is 142 g/mol. The van der Waals surface area contributed by atoms with Gasteiger partial charge in [-0.25, -0.2) is 9.97 Å². The van der Waals surface area contributed by atoms with E-state index in [1.54, 1.807) is 19.6 Å². The summed E-state index contributed by atoms with van der Waals surface area (Å²) in [5, 5.41) is 0. The molecule has 0 spiro atoms. The SMILES string of the molecule is COc1nccc2[nH]cnc12. The van der Waals surface area contributed by atoms with Crippen molar-refractivity contribution in [1.82, 2.24) is 15.0 Å². The maximum atomic E-state index is 4.99. The number of nitrogens with one attached hydrogen (secondary N) is 1. The van der Waals surface area contributed by atoms with Gasteiger partial charge < -0.3 is 9.72 Å². The maximum absolute atomic E-state index is 4.99. The summed E-state index contributed by atoms with van der Waals surface area (Å²) in [6.45, 7) is 0. The van der Waals surface area contributed by atoms with Crippen LogP contribution in [0.5, 0.6) is 5.88 Å². The van der Waals surface area contributed by atoms with Crippen LogP contribution in [0.25, 0.3) is 11.0 Å². The molecule has 2 rings (SSSR count). The third-order valence-electron chi connectivity index (χ3n) is 1.50. The first-order valence-corrected chi connectivity index (χ1v) is 3.24. The van der Waals surface area contributed by atoms with Gasteiger partial charge in [-0.1, -0.05) is 0 Å². The summed E-state index contributed by atoms with van der Waals surface area (Å²) in [6, 6.07) is 1.85. The van der Waals surface area contributed by atoms with Crippen LogP contribution in [0.2, 0.25) is 0 Å². The van der Waals surface area contributed by atoms with Gasteiger partial charge in [-0.3, -0.25) is 0 Å². The third-order valence-corrected chi connectivity index (χ3v) is 1.50. The van der Waals surface area contributed by atoms with Crippen LogP contribution < -0.4 is 4.74 Å². The number of rotatable bonds is 1. The molecule has 0 atom stereocenters. The molecule has 11 heavy (non-hydrogen) atoms. The molecule has 0 aliphatic rings. The lowest BCUT2D eigenvalue weighted by molar-refractivity contribution is 0.402. The average molecular weight is 149 g/mol. The molecule has 2 aromatic rings. The van der Waals surface area contributed by atoms with Gasteiger partial charge in [0.15, 0.2) is 5.52 Å². The van der Waals surface area contributed by atoms with E-state index in [9.17, 15) is 0 Å². The lowest BCUT2D eigenvalue weighted by atomic mass is 10.4. The Kier molecular flexibility index (Phi) is 1.25. The number of ether oxygens (including phenoxy) is 1. The van der Waals surface area contributed by atoms with Crippen LogP contribution in [0.3, 0.4) is 0 Å². The maximum Gasteiger partial charge on any atom is 0.241 e. The van der Waals surface area contributed by atoms with E-state index in [1.165, 1.54) is 0 Å². The lowest BCUT2D eigenvalue weighted by Crippen LogP contribution is -1.87. The van der Waals surface area contributed by atoms with Crippen molar-refractivity contribution < 1.29 is 4.74 Å². The highest BCUT2D eigenvalue weighted by Crippen LogP contribution is 2.17. The molecule has 4 nitrogen and oxygen atoms in total. The summed E-state index contributed by atoms with van der Waals surface area (Å²) in [7, 11) is 1.58. The Hall–Kier alpha value is -1.58. The Bertz CT molecular complexity index is 368. The van der Waals surface area contributed by atoms with Crippen molar-refractivity contribution in [1.29, 1.82) is 0 Å². The average Bonchev–Trinajstić information content (AvgIpc) is 2.50. The van der Waals surface area contributed by atoms with Gasteiger partial charge in [0.05, 0.1) is 19.0 Å². The van der Waals surface area contributed by atoms with Crippen molar-refractivity contribution in [2.45, 2.75) is 0 Å². The number of fused-ring (bicyclic) bond motifs is 1. The summed E-state index contributed by atoms with van der Waals surface area (Å²) in [5.74, 6) is 0.559. The van der Waals surface area contributed by atoms with E-state index in [0.29, 0.717) is 5.88 Å². The Morgan fingerprint density at radius 1 is 1.45 bits per heavy atom. The molecule has 56 valence electrons.